The minimum Gasteiger partial charge on any atom is -0.493 e. The topological polar surface area (TPSA) is 75.7 Å². The number of pyridine rings is 1. The number of hydrogen-bond donors (Lipinski definition) is 2. The Hall–Kier alpha value is -2.80. The SMILES string of the molecule is COc1ccc(CN(c2ccc(NC(C)=O)nc2)C2CCNCC2)cc1OCC(C)C. The molecule has 1 aliphatic rings. The molecule has 0 unspecified atom stereocenters. The van der Waals surface area contributed by atoms with E-state index < -0.39 is 0 Å². The molecule has 1 saturated heterocycles. The van der Waals surface area contributed by atoms with Gasteiger partial charge < -0.3 is 25.0 Å². The summed E-state index contributed by atoms with van der Waals surface area (Å²) in [6.45, 7) is 9.15. The molecule has 1 aromatic carbocycles. The van der Waals surface area contributed by atoms with Crippen LogP contribution in [0.25, 0.3) is 0 Å². The Bertz CT molecular complexity index is 848. The van der Waals surface area contributed by atoms with Crippen molar-refractivity contribution in [2.24, 2.45) is 5.92 Å². The zero-order chi connectivity index (χ0) is 22.2. The zero-order valence-corrected chi connectivity index (χ0v) is 19.0. The van der Waals surface area contributed by atoms with Crippen LogP contribution in [0.2, 0.25) is 0 Å². The molecule has 0 bridgehead atoms. The van der Waals surface area contributed by atoms with Crippen molar-refractivity contribution >= 4 is 17.4 Å². The predicted octanol–water partition coefficient (Wildman–Crippen LogP) is 3.84. The van der Waals surface area contributed by atoms with Gasteiger partial charge in [0, 0.05) is 19.5 Å². The molecule has 168 valence electrons. The number of piperidine rings is 1. The van der Waals surface area contributed by atoms with Gasteiger partial charge in [-0.25, -0.2) is 4.98 Å². The van der Waals surface area contributed by atoms with E-state index >= 15 is 0 Å². The highest BCUT2D eigenvalue weighted by atomic mass is 16.5. The third kappa shape index (κ3) is 6.59. The number of aromatic nitrogens is 1. The molecule has 7 heteroatoms. The van der Waals surface area contributed by atoms with Crippen LogP contribution in [0.5, 0.6) is 11.5 Å². The highest BCUT2D eigenvalue weighted by molar-refractivity contribution is 5.87. The fraction of sp³-hybridized carbons (Fsp3) is 0.500. The van der Waals surface area contributed by atoms with Crippen LogP contribution in [0.4, 0.5) is 11.5 Å². The van der Waals surface area contributed by atoms with Crippen molar-refractivity contribution in [2.45, 2.75) is 46.2 Å². The van der Waals surface area contributed by atoms with E-state index in [9.17, 15) is 4.79 Å². The Balaban J connectivity index is 1.84. The molecule has 2 aromatic rings. The molecule has 2 N–H and O–H groups in total. The van der Waals surface area contributed by atoms with E-state index in [1.807, 2.05) is 24.4 Å². The van der Waals surface area contributed by atoms with Gasteiger partial charge in [-0.2, -0.15) is 0 Å². The number of ether oxygens (including phenoxy) is 2. The van der Waals surface area contributed by atoms with Crippen LogP contribution >= 0.6 is 0 Å². The zero-order valence-electron chi connectivity index (χ0n) is 19.0. The molecule has 1 fully saturated rings. The lowest BCUT2D eigenvalue weighted by molar-refractivity contribution is -0.114. The third-order valence-electron chi connectivity index (χ3n) is 5.29. The number of hydrogen-bond acceptors (Lipinski definition) is 6. The van der Waals surface area contributed by atoms with Crippen molar-refractivity contribution in [2.75, 3.05) is 37.0 Å². The molecule has 3 rings (SSSR count). The standard InChI is InChI=1S/C24H34N4O3/c1-17(2)16-31-23-13-19(5-7-22(23)30-4)15-28(20-9-11-25-12-10-20)21-6-8-24(26-14-21)27-18(3)29/h5-8,13-14,17,20,25H,9-12,15-16H2,1-4H3,(H,26,27,29). The van der Waals surface area contributed by atoms with Gasteiger partial charge in [0.2, 0.25) is 5.91 Å². The van der Waals surface area contributed by atoms with E-state index in [4.69, 9.17) is 9.47 Å². The van der Waals surface area contributed by atoms with Crippen molar-refractivity contribution in [3.63, 3.8) is 0 Å². The largest absolute Gasteiger partial charge is 0.493 e. The summed E-state index contributed by atoms with van der Waals surface area (Å²) < 4.78 is 11.5. The van der Waals surface area contributed by atoms with Gasteiger partial charge in [-0.05, 0) is 61.7 Å². The van der Waals surface area contributed by atoms with Gasteiger partial charge in [-0.3, -0.25) is 4.79 Å². The number of methoxy groups -OCH3 is 1. The number of carbonyl (C=O) groups is 1. The van der Waals surface area contributed by atoms with Gasteiger partial charge >= 0.3 is 0 Å². The minimum atomic E-state index is -0.123. The van der Waals surface area contributed by atoms with E-state index in [0.29, 0.717) is 24.4 Å². The first-order chi connectivity index (χ1) is 15.0. The molecular weight excluding hydrogens is 392 g/mol. The summed E-state index contributed by atoms with van der Waals surface area (Å²) >= 11 is 0. The molecule has 2 heterocycles. The Morgan fingerprint density at radius 2 is 2.00 bits per heavy atom. The van der Waals surface area contributed by atoms with Gasteiger partial charge in [-0.1, -0.05) is 19.9 Å². The highest BCUT2D eigenvalue weighted by Crippen LogP contribution is 2.31. The summed E-state index contributed by atoms with van der Waals surface area (Å²) in [5.41, 5.74) is 2.20. The second-order valence-corrected chi connectivity index (χ2v) is 8.38. The highest BCUT2D eigenvalue weighted by Gasteiger charge is 2.22. The predicted molar refractivity (Wildman–Crippen MR) is 124 cm³/mol. The van der Waals surface area contributed by atoms with Crippen LogP contribution in [0.3, 0.4) is 0 Å². The number of anilines is 2. The number of nitrogens with zero attached hydrogens (tertiary/aromatic N) is 2. The number of carbonyl (C=O) groups excluding carboxylic acids is 1. The molecule has 1 aliphatic heterocycles. The van der Waals surface area contributed by atoms with Gasteiger partial charge in [0.25, 0.3) is 0 Å². The Kier molecular flexibility index (Phi) is 8.12. The maximum Gasteiger partial charge on any atom is 0.222 e. The number of rotatable bonds is 9. The summed E-state index contributed by atoms with van der Waals surface area (Å²) in [4.78, 5) is 18.1. The number of benzene rings is 1. The smallest absolute Gasteiger partial charge is 0.222 e. The van der Waals surface area contributed by atoms with Crippen LogP contribution < -0.4 is 25.0 Å². The van der Waals surface area contributed by atoms with Gasteiger partial charge in [0.15, 0.2) is 11.5 Å². The molecule has 0 spiro atoms. The molecule has 1 amide bonds. The summed E-state index contributed by atoms with van der Waals surface area (Å²) in [5, 5.41) is 6.18. The summed E-state index contributed by atoms with van der Waals surface area (Å²) in [7, 11) is 1.67. The second-order valence-electron chi connectivity index (χ2n) is 8.38. The van der Waals surface area contributed by atoms with Gasteiger partial charge in [0.05, 0.1) is 25.6 Å². The Morgan fingerprint density at radius 1 is 1.23 bits per heavy atom. The molecule has 0 radical (unpaired) electrons. The van der Waals surface area contributed by atoms with Gasteiger partial charge in [-0.15, -0.1) is 0 Å². The minimum absolute atomic E-state index is 0.123. The first kappa shape index (κ1) is 22.9. The summed E-state index contributed by atoms with van der Waals surface area (Å²) in [6, 6.07) is 10.4. The van der Waals surface area contributed by atoms with Gasteiger partial charge in [0.1, 0.15) is 5.82 Å². The maximum absolute atomic E-state index is 11.3. The van der Waals surface area contributed by atoms with E-state index in [-0.39, 0.29) is 5.91 Å². The third-order valence-corrected chi connectivity index (χ3v) is 5.29. The first-order valence-corrected chi connectivity index (χ1v) is 11.0. The van der Waals surface area contributed by atoms with E-state index in [1.54, 1.807) is 7.11 Å². The van der Waals surface area contributed by atoms with E-state index in [2.05, 4.69) is 46.5 Å². The van der Waals surface area contributed by atoms with Crippen molar-refractivity contribution in [3.05, 3.63) is 42.1 Å². The summed E-state index contributed by atoms with van der Waals surface area (Å²) in [5.74, 6) is 2.41. The molecule has 0 saturated carbocycles. The average Bonchev–Trinajstić information content (AvgIpc) is 2.77. The maximum atomic E-state index is 11.3. The van der Waals surface area contributed by atoms with Crippen LogP contribution in [0.15, 0.2) is 36.5 Å². The van der Waals surface area contributed by atoms with E-state index in [0.717, 1.165) is 55.2 Å². The fourth-order valence-electron chi connectivity index (χ4n) is 3.75. The summed E-state index contributed by atoms with van der Waals surface area (Å²) in [6.07, 6.45) is 3.98. The normalized spacial score (nSPS) is 14.4. The molecule has 0 atom stereocenters. The molecule has 7 nitrogen and oxygen atoms in total. The van der Waals surface area contributed by atoms with Crippen molar-refractivity contribution in [1.29, 1.82) is 0 Å². The van der Waals surface area contributed by atoms with Crippen LogP contribution in [0, 0.1) is 5.92 Å². The second kappa shape index (κ2) is 11.0. The Morgan fingerprint density at radius 3 is 2.61 bits per heavy atom. The lowest BCUT2D eigenvalue weighted by Crippen LogP contribution is -2.43. The molecular formula is C24H34N4O3. The van der Waals surface area contributed by atoms with Crippen LogP contribution in [-0.2, 0) is 11.3 Å². The molecule has 0 aliphatic carbocycles. The van der Waals surface area contributed by atoms with Crippen molar-refractivity contribution < 1.29 is 14.3 Å². The number of nitrogens with one attached hydrogen (secondary N) is 2. The first-order valence-electron chi connectivity index (χ1n) is 11.0. The van der Waals surface area contributed by atoms with Crippen molar-refractivity contribution in [1.82, 2.24) is 10.3 Å². The quantitative estimate of drug-likeness (QED) is 0.635. The molecule has 31 heavy (non-hydrogen) atoms. The van der Waals surface area contributed by atoms with Crippen molar-refractivity contribution in [3.8, 4) is 11.5 Å². The van der Waals surface area contributed by atoms with E-state index in [1.165, 1.54) is 6.92 Å². The number of amides is 1. The van der Waals surface area contributed by atoms with Crippen LogP contribution in [0.1, 0.15) is 39.2 Å². The lowest BCUT2D eigenvalue weighted by atomic mass is 10.0. The average molecular weight is 427 g/mol. The Labute approximate surface area is 185 Å². The molecule has 1 aromatic heterocycles. The van der Waals surface area contributed by atoms with Crippen LogP contribution in [-0.4, -0.2) is 43.7 Å². The lowest BCUT2D eigenvalue weighted by Gasteiger charge is -2.36. The monoisotopic (exact) mass is 426 g/mol. The fourth-order valence-corrected chi connectivity index (χ4v) is 3.75.